The molecule has 0 fully saturated rings. The van der Waals surface area contributed by atoms with E-state index >= 15 is 0 Å². The van der Waals surface area contributed by atoms with Crippen molar-refractivity contribution in [3.8, 4) is 11.8 Å². The number of rotatable bonds is 6. The number of benzene rings is 4. The maximum Gasteiger partial charge on any atom is 0.266 e. The van der Waals surface area contributed by atoms with Gasteiger partial charge >= 0.3 is 0 Å². The molecule has 0 spiro atoms. The van der Waals surface area contributed by atoms with Crippen LogP contribution in [-0.2, 0) is 11.4 Å². The van der Waals surface area contributed by atoms with E-state index in [0.717, 1.165) is 21.9 Å². The number of carbonyl (C=O) groups is 1. The van der Waals surface area contributed by atoms with E-state index in [1.165, 1.54) is 11.1 Å². The first-order chi connectivity index (χ1) is 16.4. The van der Waals surface area contributed by atoms with Gasteiger partial charge in [-0.1, -0.05) is 71.8 Å². The lowest BCUT2D eigenvalue weighted by Crippen LogP contribution is -2.13. The second-order valence-corrected chi connectivity index (χ2v) is 8.48. The Kier molecular flexibility index (Phi) is 6.75. The van der Waals surface area contributed by atoms with E-state index in [1.807, 2.05) is 61.5 Å². The van der Waals surface area contributed by atoms with Gasteiger partial charge in [-0.15, -0.1) is 0 Å². The molecule has 1 amide bonds. The van der Waals surface area contributed by atoms with Crippen LogP contribution in [0.15, 0.2) is 84.4 Å². The Hall–Kier alpha value is -4.36. The van der Waals surface area contributed by atoms with Crippen molar-refractivity contribution in [3.63, 3.8) is 0 Å². The average Bonchev–Trinajstić information content (AvgIpc) is 2.81. The lowest BCUT2D eigenvalue weighted by atomic mass is 10.0. The quantitative estimate of drug-likeness (QED) is 0.259. The van der Waals surface area contributed by atoms with Gasteiger partial charge in [0.2, 0.25) is 0 Å². The highest BCUT2D eigenvalue weighted by atomic mass is 16.5. The average molecular weight is 447 g/mol. The van der Waals surface area contributed by atoms with Crippen molar-refractivity contribution < 1.29 is 9.53 Å². The van der Waals surface area contributed by atoms with Crippen LogP contribution in [0.5, 0.6) is 5.75 Å². The number of hydrogen-bond donors (Lipinski definition) is 1. The van der Waals surface area contributed by atoms with Crippen molar-refractivity contribution in [1.29, 1.82) is 5.26 Å². The largest absolute Gasteiger partial charge is 0.488 e. The highest BCUT2D eigenvalue weighted by molar-refractivity contribution is 6.11. The van der Waals surface area contributed by atoms with Crippen LogP contribution in [0.3, 0.4) is 0 Å². The first-order valence-corrected chi connectivity index (χ1v) is 11.1. The molecule has 4 aromatic carbocycles. The van der Waals surface area contributed by atoms with Gasteiger partial charge < -0.3 is 10.1 Å². The van der Waals surface area contributed by atoms with Gasteiger partial charge in [-0.3, -0.25) is 4.79 Å². The highest BCUT2D eigenvalue weighted by Gasteiger charge is 2.14. The summed E-state index contributed by atoms with van der Waals surface area (Å²) >= 11 is 0. The molecule has 4 nitrogen and oxygen atoms in total. The Balaban J connectivity index is 1.70. The number of carbonyl (C=O) groups excluding carboxylic acids is 1. The minimum Gasteiger partial charge on any atom is -0.488 e. The predicted octanol–water partition coefficient (Wildman–Crippen LogP) is 6.89. The second-order valence-electron chi connectivity index (χ2n) is 8.48. The Labute approximate surface area is 200 Å². The Bertz CT molecular complexity index is 1420. The first-order valence-electron chi connectivity index (χ1n) is 11.1. The molecule has 0 bridgehead atoms. The van der Waals surface area contributed by atoms with Gasteiger partial charge in [0, 0.05) is 11.3 Å². The molecule has 0 saturated carbocycles. The molecule has 1 N–H and O–H groups in total. The predicted molar refractivity (Wildman–Crippen MR) is 138 cm³/mol. The Morgan fingerprint density at radius 1 is 0.912 bits per heavy atom. The van der Waals surface area contributed by atoms with E-state index in [2.05, 4.69) is 43.4 Å². The third-order valence-electron chi connectivity index (χ3n) is 5.54. The zero-order valence-corrected chi connectivity index (χ0v) is 19.6. The molecule has 4 heteroatoms. The van der Waals surface area contributed by atoms with Crippen molar-refractivity contribution in [1.82, 2.24) is 0 Å². The molecule has 0 heterocycles. The molecular weight excluding hydrogens is 420 g/mol. The summed E-state index contributed by atoms with van der Waals surface area (Å²) in [4.78, 5) is 12.9. The van der Waals surface area contributed by atoms with E-state index < -0.39 is 5.91 Å². The fourth-order valence-electron chi connectivity index (χ4n) is 4.08. The van der Waals surface area contributed by atoms with Crippen LogP contribution >= 0.6 is 0 Å². The summed E-state index contributed by atoms with van der Waals surface area (Å²) in [6, 6.07) is 27.6. The maximum atomic E-state index is 12.9. The monoisotopic (exact) mass is 446 g/mol. The smallest absolute Gasteiger partial charge is 0.266 e. The van der Waals surface area contributed by atoms with E-state index in [1.54, 1.807) is 12.1 Å². The van der Waals surface area contributed by atoms with E-state index in [-0.39, 0.29) is 5.57 Å². The highest BCUT2D eigenvalue weighted by Crippen LogP contribution is 2.31. The van der Waals surface area contributed by atoms with Crippen LogP contribution in [0.2, 0.25) is 0 Å². The van der Waals surface area contributed by atoms with Crippen molar-refractivity contribution >= 4 is 28.4 Å². The lowest BCUT2D eigenvalue weighted by Gasteiger charge is -2.14. The summed E-state index contributed by atoms with van der Waals surface area (Å²) in [5.41, 5.74) is 5.81. The topological polar surface area (TPSA) is 62.1 Å². The normalized spacial score (nSPS) is 11.2. The minimum atomic E-state index is -0.457. The van der Waals surface area contributed by atoms with Crippen molar-refractivity contribution in [2.45, 2.75) is 27.4 Å². The summed E-state index contributed by atoms with van der Waals surface area (Å²) in [6.07, 6.45) is 1.62. The van der Waals surface area contributed by atoms with Gasteiger partial charge in [0.15, 0.2) is 0 Å². The number of fused-ring (bicyclic) bond motifs is 1. The summed E-state index contributed by atoms with van der Waals surface area (Å²) in [6.45, 7) is 6.46. The van der Waals surface area contributed by atoms with Gasteiger partial charge in [0.1, 0.15) is 24.0 Å². The molecule has 0 radical (unpaired) electrons. The first kappa shape index (κ1) is 22.8. The third-order valence-corrected chi connectivity index (χ3v) is 5.54. The molecule has 4 rings (SSSR count). The number of amides is 1. The number of hydrogen-bond acceptors (Lipinski definition) is 3. The lowest BCUT2D eigenvalue weighted by molar-refractivity contribution is -0.112. The summed E-state index contributed by atoms with van der Waals surface area (Å²) in [5.74, 6) is 0.162. The van der Waals surface area contributed by atoms with Crippen LogP contribution in [0.1, 0.15) is 27.8 Å². The number of aryl methyl sites for hydroxylation is 3. The molecule has 0 aliphatic rings. The minimum absolute atomic E-state index is 0.00843. The molecule has 0 aliphatic heterocycles. The Morgan fingerprint density at radius 3 is 2.41 bits per heavy atom. The fourth-order valence-corrected chi connectivity index (χ4v) is 4.08. The van der Waals surface area contributed by atoms with Gasteiger partial charge in [-0.2, -0.15) is 5.26 Å². The number of nitriles is 1. The van der Waals surface area contributed by atoms with Crippen molar-refractivity contribution in [2.24, 2.45) is 0 Å². The zero-order valence-electron chi connectivity index (χ0n) is 19.6. The van der Waals surface area contributed by atoms with Crippen LogP contribution in [0.25, 0.3) is 16.8 Å². The summed E-state index contributed by atoms with van der Waals surface area (Å²) in [5, 5.41) is 14.5. The zero-order chi connectivity index (χ0) is 24.1. The number of ether oxygens (including phenoxy) is 1. The number of nitrogens with zero attached hydrogens (tertiary/aromatic N) is 1. The standard InChI is InChI=1S/C30H26N2O2/c1-20-7-6-9-26(16-20)32-30(33)25(18-31)17-28-27-10-5-4-8-24(27)11-12-29(28)34-19-23-14-21(2)13-22(3)15-23/h4-17H,19H2,1-3H3,(H,32,33)/b25-17+. The maximum absolute atomic E-state index is 12.9. The number of anilines is 1. The number of nitrogens with one attached hydrogen (secondary N) is 1. The molecule has 34 heavy (non-hydrogen) atoms. The van der Waals surface area contributed by atoms with Crippen LogP contribution in [0, 0.1) is 32.1 Å². The molecule has 4 aromatic rings. The second kappa shape index (κ2) is 10.1. The van der Waals surface area contributed by atoms with Crippen molar-refractivity contribution in [3.05, 3.63) is 112 Å². The fraction of sp³-hybridized carbons (Fsp3) is 0.133. The molecule has 0 unspecified atom stereocenters. The van der Waals surface area contributed by atoms with Crippen LogP contribution in [0.4, 0.5) is 5.69 Å². The summed E-state index contributed by atoms with van der Waals surface area (Å²) in [7, 11) is 0. The van der Waals surface area contributed by atoms with E-state index in [9.17, 15) is 10.1 Å². The molecule has 168 valence electrons. The third kappa shape index (κ3) is 5.33. The molecule has 0 saturated heterocycles. The summed E-state index contributed by atoms with van der Waals surface area (Å²) < 4.78 is 6.21. The van der Waals surface area contributed by atoms with E-state index in [0.29, 0.717) is 23.6 Å². The van der Waals surface area contributed by atoms with Gasteiger partial charge in [-0.25, -0.2) is 0 Å². The van der Waals surface area contributed by atoms with Gasteiger partial charge in [-0.05, 0) is 66.9 Å². The van der Waals surface area contributed by atoms with Crippen LogP contribution in [-0.4, -0.2) is 5.91 Å². The van der Waals surface area contributed by atoms with Crippen molar-refractivity contribution in [2.75, 3.05) is 5.32 Å². The molecule has 0 aliphatic carbocycles. The molecule has 0 aromatic heterocycles. The van der Waals surface area contributed by atoms with Crippen LogP contribution < -0.4 is 10.1 Å². The molecular formula is C30H26N2O2. The van der Waals surface area contributed by atoms with Gasteiger partial charge in [0.25, 0.3) is 5.91 Å². The van der Waals surface area contributed by atoms with Gasteiger partial charge in [0.05, 0.1) is 0 Å². The Morgan fingerprint density at radius 2 is 1.68 bits per heavy atom. The molecule has 0 atom stereocenters. The van der Waals surface area contributed by atoms with E-state index in [4.69, 9.17) is 4.74 Å². The SMILES string of the molecule is Cc1cc(C)cc(COc2ccc3ccccc3c2/C=C(\C#N)C(=O)Nc2cccc(C)c2)c1.